The highest BCUT2D eigenvalue weighted by Crippen LogP contribution is 2.34. The van der Waals surface area contributed by atoms with Crippen LogP contribution < -0.4 is 5.32 Å². The fraction of sp³-hybridized carbons (Fsp3) is 0.290. The Balaban J connectivity index is 1.71. The van der Waals surface area contributed by atoms with Crippen LogP contribution in [0.1, 0.15) is 54.7 Å². The number of nitrogens with one attached hydrogen (secondary N) is 1. The van der Waals surface area contributed by atoms with Crippen molar-refractivity contribution < 1.29 is 14.3 Å². The molecule has 0 aliphatic rings. The van der Waals surface area contributed by atoms with Crippen LogP contribution in [0.3, 0.4) is 0 Å². The van der Waals surface area contributed by atoms with E-state index in [2.05, 4.69) is 26.2 Å². The molecule has 0 radical (unpaired) electrons. The molecule has 1 amide bonds. The van der Waals surface area contributed by atoms with Crippen molar-refractivity contribution in [2.75, 3.05) is 13.2 Å². The molecular weight excluding hydrogens is 578 g/mol. The van der Waals surface area contributed by atoms with Crippen LogP contribution in [0.25, 0.3) is 22.2 Å². The van der Waals surface area contributed by atoms with E-state index in [4.69, 9.17) is 21.3 Å². The average molecular weight is 609 g/mol. The molecule has 4 rings (SSSR count). The van der Waals surface area contributed by atoms with Gasteiger partial charge >= 0.3 is 5.97 Å². The minimum Gasteiger partial charge on any atom is -0.466 e. The summed E-state index contributed by atoms with van der Waals surface area (Å²) in [6.45, 7) is 6.29. The summed E-state index contributed by atoms with van der Waals surface area (Å²) in [7, 11) is 0. The lowest BCUT2D eigenvalue weighted by molar-refractivity contribution is -0.145. The highest BCUT2D eigenvalue weighted by molar-refractivity contribution is 9.10. The monoisotopic (exact) mass is 607 g/mol. The molecule has 0 fully saturated rings. The Labute approximate surface area is 242 Å². The number of rotatable bonds is 10. The molecular formula is C31H31BrClN3O3. The molecule has 0 saturated carbocycles. The number of aromatic nitrogens is 2. The van der Waals surface area contributed by atoms with Gasteiger partial charge in [-0.05, 0) is 53.0 Å². The van der Waals surface area contributed by atoms with Gasteiger partial charge < -0.3 is 10.1 Å². The highest BCUT2D eigenvalue weighted by Gasteiger charge is 2.35. The van der Waals surface area contributed by atoms with Crippen molar-refractivity contribution >= 4 is 50.3 Å². The van der Waals surface area contributed by atoms with Crippen molar-refractivity contribution in [2.24, 2.45) is 0 Å². The summed E-state index contributed by atoms with van der Waals surface area (Å²) in [5.41, 5.74) is 3.28. The van der Waals surface area contributed by atoms with E-state index in [0.29, 0.717) is 28.4 Å². The van der Waals surface area contributed by atoms with Crippen molar-refractivity contribution in [3.63, 3.8) is 0 Å². The Hall–Kier alpha value is -3.29. The van der Waals surface area contributed by atoms with Gasteiger partial charge in [0.15, 0.2) is 0 Å². The summed E-state index contributed by atoms with van der Waals surface area (Å²) < 4.78 is 6.25. The lowest BCUT2D eigenvalue weighted by Crippen LogP contribution is -2.41. The first-order chi connectivity index (χ1) is 18.7. The standard InChI is InChI=1S/C31H31BrClN3O3/c1-4-5-17-39-25(37)18-31(3,29-24(33)15-10-16-34-29)19-35-30(38)26-20(2)27(21-11-7-6-8-12-21)36-28-22(26)13-9-14-23(28)32/h6-16H,4-5,17-19H2,1-3H3,(H,35,38). The smallest absolute Gasteiger partial charge is 0.306 e. The van der Waals surface area contributed by atoms with Gasteiger partial charge in [0.2, 0.25) is 0 Å². The van der Waals surface area contributed by atoms with E-state index in [1.165, 1.54) is 0 Å². The van der Waals surface area contributed by atoms with E-state index in [1.54, 1.807) is 18.3 Å². The zero-order valence-corrected chi connectivity index (χ0v) is 24.6. The third-order valence-corrected chi connectivity index (χ3v) is 7.69. The highest BCUT2D eigenvalue weighted by atomic mass is 79.9. The molecule has 0 aliphatic heterocycles. The normalized spacial score (nSPS) is 12.6. The second kappa shape index (κ2) is 12.7. The van der Waals surface area contributed by atoms with Crippen LogP contribution in [0.2, 0.25) is 5.02 Å². The topological polar surface area (TPSA) is 81.2 Å². The molecule has 202 valence electrons. The number of amides is 1. The molecule has 0 saturated heterocycles. The Morgan fingerprint density at radius 3 is 2.56 bits per heavy atom. The molecule has 2 aromatic heterocycles. The first-order valence-electron chi connectivity index (χ1n) is 12.9. The zero-order valence-electron chi connectivity index (χ0n) is 22.3. The number of ether oxygens (including phenoxy) is 1. The molecule has 6 nitrogen and oxygen atoms in total. The average Bonchev–Trinajstić information content (AvgIpc) is 2.92. The number of hydrogen-bond donors (Lipinski definition) is 1. The van der Waals surface area contributed by atoms with Crippen molar-refractivity contribution in [2.45, 2.75) is 45.4 Å². The third-order valence-electron chi connectivity index (χ3n) is 6.75. The predicted octanol–water partition coefficient (Wildman–Crippen LogP) is 7.44. The van der Waals surface area contributed by atoms with Gasteiger partial charge in [0.05, 0.1) is 40.5 Å². The van der Waals surface area contributed by atoms with E-state index in [9.17, 15) is 9.59 Å². The summed E-state index contributed by atoms with van der Waals surface area (Å²) in [5.74, 6) is -0.629. The van der Waals surface area contributed by atoms with Crippen molar-refractivity contribution in [3.05, 3.63) is 93.2 Å². The lowest BCUT2D eigenvalue weighted by Gasteiger charge is -2.29. The predicted molar refractivity (Wildman–Crippen MR) is 159 cm³/mol. The van der Waals surface area contributed by atoms with Gasteiger partial charge in [-0.25, -0.2) is 4.98 Å². The lowest BCUT2D eigenvalue weighted by atomic mass is 9.82. The van der Waals surface area contributed by atoms with Gasteiger partial charge in [-0.3, -0.25) is 14.6 Å². The first kappa shape index (κ1) is 28.7. The molecule has 0 spiro atoms. The molecule has 0 aliphatic carbocycles. The van der Waals surface area contributed by atoms with Crippen molar-refractivity contribution in [3.8, 4) is 11.3 Å². The molecule has 1 unspecified atom stereocenters. The van der Waals surface area contributed by atoms with Gasteiger partial charge in [-0.15, -0.1) is 0 Å². The second-order valence-corrected chi connectivity index (χ2v) is 11.1. The van der Waals surface area contributed by atoms with Crippen LogP contribution >= 0.6 is 27.5 Å². The number of unbranched alkanes of at least 4 members (excludes halogenated alkanes) is 1. The zero-order chi connectivity index (χ0) is 28.0. The second-order valence-electron chi connectivity index (χ2n) is 9.79. The van der Waals surface area contributed by atoms with Crippen LogP contribution in [0.15, 0.2) is 71.3 Å². The summed E-state index contributed by atoms with van der Waals surface area (Å²) in [4.78, 5) is 36.1. The van der Waals surface area contributed by atoms with Gasteiger partial charge in [0, 0.05) is 33.6 Å². The van der Waals surface area contributed by atoms with Crippen molar-refractivity contribution in [1.29, 1.82) is 0 Å². The Morgan fingerprint density at radius 1 is 1.08 bits per heavy atom. The number of nitrogens with zero attached hydrogens (tertiary/aromatic N) is 2. The van der Waals surface area contributed by atoms with Gasteiger partial charge in [0.1, 0.15) is 0 Å². The SMILES string of the molecule is CCCCOC(=O)CC(C)(CNC(=O)c1c(C)c(-c2ccccc2)nc2c(Br)cccc12)c1ncccc1Cl. The molecule has 8 heteroatoms. The van der Waals surface area contributed by atoms with Crippen molar-refractivity contribution in [1.82, 2.24) is 15.3 Å². The van der Waals surface area contributed by atoms with Crippen LogP contribution in [0, 0.1) is 6.92 Å². The van der Waals surface area contributed by atoms with Crippen LogP contribution in [-0.4, -0.2) is 35.0 Å². The summed E-state index contributed by atoms with van der Waals surface area (Å²) >= 11 is 10.1. The fourth-order valence-electron chi connectivity index (χ4n) is 4.64. The summed E-state index contributed by atoms with van der Waals surface area (Å²) in [6, 6.07) is 18.9. The van der Waals surface area contributed by atoms with Crippen LogP contribution in [0.5, 0.6) is 0 Å². The summed E-state index contributed by atoms with van der Waals surface area (Å²) in [6.07, 6.45) is 3.36. The third kappa shape index (κ3) is 6.48. The number of esters is 1. The van der Waals surface area contributed by atoms with Gasteiger partial charge in [-0.1, -0.05) is 74.3 Å². The number of fused-ring (bicyclic) bond motifs is 1. The maximum atomic E-state index is 13.9. The molecule has 1 N–H and O–H groups in total. The molecule has 2 heterocycles. The molecule has 2 aromatic carbocycles. The maximum Gasteiger partial charge on any atom is 0.306 e. The van der Waals surface area contributed by atoms with E-state index in [-0.39, 0.29) is 24.8 Å². The van der Waals surface area contributed by atoms with E-state index in [0.717, 1.165) is 39.5 Å². The van der Waals surface area contributed by atoms with Gasteiger partial charge in [0.25, 0.3) is 5.91 Å². The number of para-hydroxylation sites is 1. The number of halogens is 2. The van der Waals surface area contributed by atoms with Crippen LogP contribution in [-0.2, 0) is 14.9 Å². The number of benzene rings is 2. The summed E-state index contributed by atoms with van der Waals surface area (Å²) in [5, 5.41) is 4.24. The number of carbonyl (C=O) groups excluding carboxylic acids is 2. The fourth-order valence-corrected chi connectivity index (χ4v) is 5.44. The molecule has 39 heavy (non-hydrogen) atoms. The Morgan fingerprint density at radius 2 is 1.85 bits per heavy atom. The minimum atomic E-state index is -0.892. The Kier molecular flexibility index (Phi) is 9.36. The van der Waals surface area contributed by atoms with E-state index < -0.39 is 5.41 Å². The first-order valence-corrected chi connectivity index (χ1v) is 14.1. The Bertz CT molecular complexity index is 1500. The maximum absolute atomic E-state index is 13.9. The largest absolute Gasteiger partial charge is 0.466 e. The molecule has 0 bridgehead atoms. The molecule has 1 atom stereocenters. The van der Waals surface area contributed by atoms with Gasteiger partial charge in [-0.2, -0.15) is 0 Å². The number of hydrogen-bond acceptors (Lipinski definition) is 5. The number of carbonyl (C=O) groups is 2. The van der Waals surface area contributed by atoms with E-state index in [1.807, 2.05) is 69.3 Å². The van der Waals surface area contributed by atoms with Crippen LogP contribution in [0.4, 0.5) is 0 Å². The molecule has 4 aromatic rings. The quantitative estimate of drug-likeness (QED) is 0.149. The minimum absolute atomic E-state index is 0.0185. The number of pyridine rings is 2. The van der Waals surface area contributed by atoms with E-state index >= 15 is 0 Å².